The van der Waals surface area contributed by atoms with Crippen LogP contribution in [-0.2, 0) is 0 Å². The molecule has 0 spiro atoms. The number of hydrogen-bond donors (Lipinski definition) is 0. The van der Waals surface area contributed by atoms with E-state index in [0.717, 1.165) is 0 Å². The van der Waals surface area contributed by atoms with Crippen LogP contribution in [-0.4, -0.2) is 18.0 Å². The van der Waals surface area contributed by atoms with Crippen LogP contribution in [0.5, 0.6) is 0 Å². The van der Waals surface area contributed by atoms with Crippen molar-refractivity contribution in [1.82, 2.24) is 4.90 Å². The van der Waals surface area contributed by atoms with Crippen LogP contribution in [0.1, 0.15) is 25.3 Å². The molecule has 0 unspecified atom stereocenters. The highest BCUT2D eigenvalue weighted by atomic mass is 15.1. The van der Waals surface area contributed by atoms with Crippen molar-refractivity contribution in [2.45, 2.75) is 19.8 Å². The highest BCUT2D eigenvalue weighted by molar-refractivity contribution is 5.81. The fraction of sp³-hybridized carbons (Fsp3) is 0.294. The largest absolute Gasteiger partial charge is 0.375 e. The lowest BCUT2D eigenvalue weighted by molar-refractivity contribution is 0.425. The van der Waals surface area contributed by atoms with Crippen LogP contribution in [0.3, 0.4) is 0 Å². The van der Waals surface area contributed by atoms with Crippen LogP contribution in [0.2, 0.25) is 0 Å². The predicted molar refractivity (Wildman–Crippen MR) is 77.1 cm³/mol. The number of rotatable bonds is 2. The molecule has 92 valence electrons. The van der Waals surface area contributed by atoms with E-state index in [-0.39, 0.29) is 0 Å². The number of benzene rings is 1. The third-order valence-corrected chi connectivity index (χ3v) is 3.86. The van der Waals surface area contributed by atoms with E-state index in [9.17, 15) is 0 Å². The summed E-state index contributed by atoms with van der Waals surface area (Å²) in [6, 6.07) is 10.6. The molecule has 0 atom stereocenters. The van der Waals surface area contributed by atoms with Crippen molar-refractivity contribution in [3.8, 4) is 0 Å². The van der Waals surface area contributed by atoms with Crippen LogP contribution in [0.25, 0.3) is 5.57 Å². The van der Waals surface area contributed by atoms with E-state index in [1.807, 2.05) is 0 Å². The number of allylic oxidation sites excluding steroid dienone is 6. The molecule has 1 nitrogen and oxygen atoms in total. The van der Waals surface area contributed by atoms with Gasteiger partial charge < -0.3 is 4.90 Å². The molecule has 1 aliphatic carbocycles. The van der Waals surface area contributed by atoms with Crippen LogP contribution in [0, 0.1) is 0 Å². The average molecular weight is 237 g/mol. The Labute approximate surface area is 109 Å². The molecule has 1 aromatic carbocycles. The van der Waals surface area contributed by atoms with Crippen molar-refractivity contribution in [3.63, 3.8) is 0 Å². The van der Waals surface area contributed by atoms with E-state index < -0.39 is 0 Å². The Balaban J connectivity index is 1.88. The Bertz CT molecular complexity index is 514. The average Bonchev–Trinajstić information content (AvgIpc) is 3.10. The fourth-order valence-electron chi connectivity index (χ4n) is 2.71. The molecule has 2 aliphatic rings. The van der Waals surface area contributed by atoms with Gasteiger partial charge in [-0.3, -0.25) is 0 Å². The first-order valence-corrected chi connectivity index (χ1v) is 6.75. The monoisotopic (exact) mass is 237 g/mol. The SMILES string of the molecule is C/C(=C1/C=CC(c2ccccc2)=C1)N1CCCC1. The molecule has 0 aromatic heterocycles. The lowest BCUT2D eigenvalue weighted by Gasteiger charge is -2.19. The highest BCUT2D eigenvalue weighted by Crippen LogP contribution is 2.28. The Morgan fingerprint density at radius 2 is 1.72 bits per heavy atom. The molecule has 1 saturated heterocycles. The zero-order valence-electron chi connectivity index (χ0n) is 10.9. The molecular weight excluding hydrogens is 218 g/mol. The summed E-state index contributed by atoms with van der Waals surface area (Å²) >= 11 is 0. The van der Waals surface area contributed by atoms with Gasteiger partial charge in [0.25, 0.3) is 0 Å². The summed E-state index contributed by atoms with van der Waals surface area (Å²) in [6.07, 6.45) is 9.45. The molecule has 0 saturated carbocycles. The van der Waals surface area contributed by atoms with Gasteiger partial charge in [-0.15, -0.1) is 0 Å². The zero-order chi connectivity index (χ0) is 12.4. The topological polar surface area (TPSA) is 3.24 Å². The third kappa shape index (κ3) is 2.13. The van der Waals surface area contributed by atoms with Gasteiger partial charge in [-0.2, -0.15) is 0 Å². The normalized spacial score (nSPS) is 21.4. The van der Waals surface area contributed by atoms with E-state index in [0.29, 0.717) is 0 Å². The molecule has 18 heavy (non-hydrogen) atoms. The standard InChI is InChI=1S/C17H19N/c1-14(18-11-5-6-12-18)16-9-10-17(13-16)15-7-3-2-4-8-15/h2-4,7-10,13H,5-6,11-12H2,1H3/b16-14+. The molecule has 0 N–H and O–H groups in total. The maximum Gasteiger partial charge on any atom is 0.0175 e. The maximum absolute atomic E-state index is 2.50. The molecule has 3 rings (SSSR count). The molecule has 1 aliphatic heterocycles. The van der Waals surface area contributed by atoms with E-state index in [1.54, 1.807) is 0 Å². The van der Waals surface area contributed by atoms with Crippen LogP contribution >= 0.6 is 0 Å². The van der Waals surface area contributed by atoms with Crippen LogP contribution in [0.4, 0.5) is 0 Å². The number of likely N-dealkylation sites (tertiary alicyclic amines) is 1. The van der Waals surface area contributed by atoms with Crippen LogP contribution in [0.15, 0.2) is 59.8 Å². The van der Waals surface area contributed by atoms with Gasteiger partial charge in [0.15, 0.2) is 0 Å². The summed E-state index contributed by atoms with van der Waals surface area (Å²) in [5.74, 6) is 0. The molecule has 0 radical (unpaired) electrons. The molecule has 1 heterocycles. The van der Waals surface area contributed by atoms with Crippen molar-refractivity contribution in [2.24, 2.45) is 0 Å². The highest BCUT2D eigenvalue weighted by Gasteiger charge is 2.15. The van der Waals surface area contributed by atoms with E-state index in [4.69, 9.17) is 0 Å². The van der Waals surface area contributed by atoms with Gasteiger partial charge in [-0.1, -0.05) is 42.5 Å². The van der Waals surface area contributed by atoms with Crippen molar-refractivity contribution in [1.29, 1.82) is 0 Å². The summed E-state index contributed by atoms with van der Waals surface area (Å²) in [5, 5.41) is 0. The number of hydrogen-bond acceptors (Lipinski definition) is 1. The first kappa shape index (κ1) is 11.3. The second kappa shape index (κ2) is 4.85. The zero-order valence-corrected chi connectivity index (χ0v) is 10.9. The first-order chi connectivity index (χ1) is 8.84. The Hall–Kier alpha value is -1.76. The van der Waals surface area contributed by atoms with E-state index in [1.165, 1.54) is 48.3 Å². The molecule has 1 fully saturated rings. The van der Waals surface area contributed by atoms with E-state index in [2.05, 4.69) is 60.4 Å². The van der Waals surface area contributed by atoms with Gasteiger partial charge in [-0.25, -0.2) is 0 Å². The van der Waals surface area contributed by atoms with Crippen molar-refractivity contribution >= 4 is 5.57 Å². The number of nitrogens with zero attached hydrogens (tertiary/aromatic N) is 1. The minimum Gasteiger partial charge on any atom is -0.375 e. The van der Waals surface area contributed by atoms with Gasteiger partial charge in [0.1, 0.15) is 0 Å². The summed E-state index contributed by atoms with van der Waals surface area (Å²) in [7, 11) is 0. The van der Waals surface area contributed by atoms with Crippen molar-refractivity contribution in [3.05, 3.63) is 65.4 Å². The van der Waals surface area contributed by atoms with Gasteiger partial charge in [0.2, 0.25) is 0 Å². The second-order valence-corrected chi connectivity index (χ2v) is 5.03. The third-order valence-electron chi connectivity index (χ3n) is 3.86. The summed E-state index contributed by atoms with van der Waals surface area (Å²) in [5.41, 5.74) is 5.42. The smallest absolute Gasteiger partial charge is 0.0175 e. The van der Waals surface area contributed by atoms with Crippen LogP contribution < -0.4 is 0 Å². The fourth-order valence-corrected chi connectivity index (χ4v) is 2.71. The molecule has 1 heteroatoms. The minimum absolute atomic E-state index is 1.22. The van der Waals surface area contributed by atoms with Crippen molar-refractivity contribution in [2.75, 3.05) is 13.1 Å². The van der Waals surface area contributed by atoms with Gasteiger partial charge in [0.05, 0.1) is 0 Å². The predicted octanol–water partition coefficient (Wildman–Crippen LogP) is 4.01. The molecule has 0 amide bonds. The Morgan fingerprint density at radius 3 is 2.44 bits per heavy atom. The van der Waals surface area contributed by atoms with Gasteiger partial charge >= 0.3 is 0 Å². The summed E-state index contributed by atoms with van der Waals surface area (Å²) in [4.78, 5) is 2.50. The maximum atomic E-state index is 2.50. The lowest BCUT2D eigenvalue weighted by Crippen LogP contribution is -2.17. The van der Waals surface area contributed by atoms with Crippen molar-refractivity contribution < 1.29 is 0 Å². The Morgan fingerprint density at radius 1 is 1.00 bits per heavy atom. The second-order valence-electron chi connectivity index (χ2n) is 5.03. The molecule has 0 bridgehead atoms. The molecule has 1 aromatic rings. The molecular formula is C17H19N. The van der Waals surface area contributed by atoms with Gasteiger partial charge in [0, 0.05) is 18.8 Å². The first-order valence-electron chi connectivity index (χ1n) is 6.75. The quantitative estimate of drug-likeness (QED) is 0.751. The lowest BCUT2D eigenvalue weighted by atomic mass is 10.1. The summed E-state index contributed by atoms with van der Waals surface area (Å²) in [6.45, 7) is 4.69. The van der Waals surface area contributed by atoms with Gasteiger partial charge in [-0.05, 0) is 42.6 Å². The summed E-state index contributed by atoms with van der Waals surface area (Å²) < 4.78 is 0. The Kier molecular flexibility index (Phi) is 3.06. The minimum atomic E-state index is 1.22. The van der Waals surface area contributed by atoms with E-state index >= 15 is 0 Å².